The highest BCUT2D eigenvalue weighted by atomic mass is 16.3. The molecule has 3 nitrogen and oxygen atoms in total. The Bertz CT molecular complexity index is 120. The van der Waals surface area contributed by atoms with E-state index in [1.807, 2.05) is 0 Å². The van der Waals surface area contributed by atoms with Gasteiger partial charge in [-0.2, -0.15) is 0 Å². The molecule has 0 aromatic heterocycles. The summed E-state index contributed by atoms with van der Waals surface area (Å²) >= 11 is 0. The van der Waals surface area contributed by atoms with Crippen LogP contribution in [0.3, 0.4) is 0 Å². The Balaban J connectivity index is 3.23. The van der Waals surface area contributed by atoms with Crippen molar-refractivity contribution in [2.75, 3.05) is 13.2 Å². The van der Waals surface area contributed by atoms with E-state index in [0.717, 1.165) is 6.42 Å². The normalized spacial score (nSPS) is 15.4. The molecular formula is C11H25NO2. The highest BCUT2D eigenvalue weighted by Crippen LogP contribution is 2.04. The zero-order valence-corrected chi connectivity index (χ0v) is 9.50. The van der Waals surface area contributed by atoms with Gasteiger partial charge in [-0.25, -0.2) is 0 Å². The van der Waals surface area contributed by atoms with Crippen LogP contribution in [0.25, 0.3) is 0 Å². The third-order valence-electron chi connectivity index (χ3n) is 2.40. The minimum atomic E-state index is -0.618. The van der Waals surface area contributed by atoms with E-state index >= 15 is 0 Å². The number of unbranched alkanes of at least 4 members (excludes halogenated alkanes) is 3. The molecule has 3 heteroatoms. The van der Waals surface area contributed by atoms with Crippen LogP contribution < -0.4 is 5.32 Å². The predicted molar refractivity (Wildman–Crippen MR) is 59.3 cm³/mol. The lowest BCUT2D eigenvalue weighted by molar-refractivity contribution is 0.0920. The average molecular weight is 203 g/mol. The van der Waals surface area contributed by atoms with Crippen LogP contribution in [0, 0.1) is 0 Å². The standard InChI is InChI=1S/C11H25NO2/c1-3-4-5-6-7-10(2)12-8-11(14)9-13/h10-14H,3-9H2,1-2H3/t10?,11-/m0/s1. The first-order chi connectivity index (χ1) is 6.70. The average Bonchev–Trinajstić information content (AvgIpc) is 2.21. The Labute approximate surface area is 87.5 Å². The summed E-state index contributed by atoms with van der Waals surface area (Å²) in [6, 6.07) is 0.438. The number of nitrogens with one attached hydrogen (secondary N) is 1. The lowest BCUT2D eigenvalue weighted by Crippen LogP contribution is -2.35. The van der Waals surface area contributed by atoms with Crippen LogP contribution in [-0.4, -0.2) is 35.5 Å². The van der Waals surface area contributed by atoms with Crippen LogP contribution in [0.5, 0.6) is 0 Å². The molecule has 1 unspecified atom stereocenters. The van der Waals surface area contributed by atoms with Gasteiger partial charge in [-0.3, -0.25) is 0 Å². The monoisotopic (exact) mass is 203 g/mol. The Morgan fingerprint density at radius 2 is 1.93 bits per heavy atom. The highest BCUT2D eigenvalue weighted by Gasteiger charge is 2.04. The van der Waals surface area contributed by atoms with Crippen molar-refractivity contribution < 1.29 is 10.2 Å². The van der Waals surface area contributed by atoms with E-state index in [0.29, 0.717) is 12.6 Å². The third kappa shape index (κ3) is 8.48. The molecule has 0 aromatic carbocycles. The molecule has 0 fully saturated rings. The Hall–Kier alpha value is -0.120. The van der Waals surface area contributed by atoms with Gasteiger partial charge in [0.2, 0.25) is 0 Å². The Morgan fingerprint density at radius 1 is 1.21 bits per heavy atom. The van der Waals surface area contributed by atoms with Crippen LogP contribution in [0.4, 0.5) is 0 Å². The van der Waals surface area contributed by atoms with Crippen LogP contribution in [0.1, 0.15) is 46.0 Å². The van der Waals surface area contributed by atoms with Crippen LogP contribution in [0.15, 0.2) is 0 Å². The molecule has 0 saturated heterocycles. The second kappa shape index (κ2) is 9.44. The number of hydrogen-bond acceptors (Lipinski definition) is 3. The van der Waals surface area contributed by atoms with Gasteiger partial charge in [0.1, 0.15) is 0 Å². The van der Waals surface area contributed by atoms with Gasteiger partial charge in [-0.1, -0.05) is 32.6 Å². The molecule has 0 aromatic rings. The van der Waals surface area contributed by atoms with E-state index in [9.17, 15) is 0 Å². The van der Waals surface area contributed by atoms with E-state index in [-0.39, 0.29) is 6.61 Å². The highest BCUT2D eigenvalue weighted by molar-refractivity contribution is 4.64. The van der Waals surface area contributed by atoms with E-state index in [2.05, 4.69) is 19.2 Å². The molecule has 0 rings (SSSR count). The maximum Gasteiger partial charge on any atom is 0.0895 e. The van der Waals surface area contributed by atoms with Gasteiger partial charge in [0.15, 0.2) is 0 Å². The number of aliphatic hydroxyl groups is 2. The summed E-state index contributed by atoms with van der Waals surface area (Å²) in [5.74, 6) is 0. The van der Waals surface area contributed by atoms with Crippen molar-refractivity contribution in [2.45, 2.75) is 58.1 Å². The summed E-state index contributed by atoms with van der Waals surface area (Å²) in [6.45, 7) is 4.66. The molecule has 2 atom stereocenters. The predicted octanol–water partition coefficient (Wildman–Crippen LogP) is 1.29. The SMILES string of the molecule is CCCCCCC(C)NC[C@H](O)CO. The van der Waals surface area contributed by atoms with Crippen LogP contribution >= 0.6 is 0 Å². The van der Waals surface area contributed by atoms with Crippen molar-refractivity contribution in [1.82, 2.24) is 5.32 Å². The van der Waals surface area contributed by atoms with E-state index in [4.69, 9.17) is 10.2 Å². The summed E-state index contributed by atoms with van der Waals surface area (Å²) in [4.78, 5) is 0. The first-order valence-electron chi connectivity index (χ1n) is 5.73. The van der Waals surface area contributed by atoms with E-state index in [1.54, 1.807) is 0 Å². The zero-order valence-electron chi connectivity index (χ0n) is 9.50. The fraction of sp³-hybridized carbons (Fsp3) is 1.00. The minimum absolute atomic E-state index is 0.157. The maximum absolute atomic E-state index is 9.10. The van der Waals surface area contributed by atoms with Crippen molar-refractivity contribution in [2.24, 2.45) is 0 Å². The summed E-state index contributed by atoms with van der Waals surface area (Å²) in [5, 5.41) is 20.9. The minimum Gasteiger partial charge on any atom is -0.394 e. The fourth-order valence-corrected chi connectivity index (χ4v) is 1.38. The lowest BCUT2D eigenvalue weighted by Gasteiger charge is -2.15. The molecule has 0 aliphatic carbocycles. The van der Waals surface area contributed by atoms with Gasteiger partial charge >= 0.3 is 0 Å². The summed E-state index contributed by atoms with van der Waals surface area (Å²) < 4.78 is 0. The Morgan fingerprint density at radius 3 is 2.50 bits per heavy atom. The van der Waals surface area contributed by atoms with Crippen LogP contribution in [0.2, 0.25) is 0 Å². The molecule has 0 radical (unpaired) electrons. The van der Waals surface area contributed by atoms with Gasteiger partial charge in [0.25, 0.3) is 0 Å². The van der Waals surface area contributed by atoms with Gasteiger partial charge in [0.05, 0.1) is 12.7 Å². The number of aliphatic hydroxyl groups excluding tert-OH is 2. The van der Waals surface area contributed by atoms with Gasteiger partial charge in [-0.15, -0.1) is 0 Å². The first kappa shape index (κ1) is 13.9. The lowest BCUT2D eigenvalue weighted by atomic mass is 10.1. The molecule has 0 saturated carbocycles. The molecule has 86 valence electrons. The number of rotatable bonds is 9. The molecule has 0 bridgehead atoms. The summed E-state index contributed by atoms with van der Waals surface area (Å²) in [5.41, 5.74) is 0. The molecular weight excluding hydrogens is 178 g/mol. The summed E-state index contributed by atoms with van der Waals surface area (Å²) in [6.07, 6.45) is 5.66. The van der Waals surface area contributed by atoms with Crippen molar-refractivity contribution in [3.8, 4) is 0 Å². The zero-order chi connectivity index (χ0) is 10.8. The smallest absolute Gasteiger partial charge is 0.0895 e. The summed E-state index contributed by atoms with van der Waals surface area (Å²) in [7, 11) is 0. The van der Waals surface area contributed by atoms with Gasteiger partial charge in [0, 0.05) is 12.6 Å². The molecule has 0 spiro atoms. The molecule has 0 aliphatic rings. The van der Waals surface area contributed by atoms with Crippen LogP contribution in [-0.2, 0) is 0 Å². The Kier molecular flexibility index (Phi) is 9.35. The fourth-order valence-electron chi connectivity index (χ4n) is 1.38. The largest absolute Gasteiger partial charge is 0.394 e. The van der Waals surface area contributed by atoms with E-state index < -0.39 is 6.10 Å². The quantitative estimate of drug-likeness (QED) is 0.495. The van der Waals surface area contributed by atoms with Crippen molar-refractivity contribution in [3.05, 3.63) is 0 Å². The molecule has 0 amide bonds. The second-order valence-corrected chi connectivity index (χ2v) is 4.00. The topological polar surface area (TPSA) is 52.5 Å². The maximum atomic E-state index is 9.10. The molecule has 0 heterocycles. The van der Waals surface area contributed by atoms with Gasteiger partial charge < -0.3 is 15.5 Å². The third-order valence-corrected chi connectivity index (χ3v) is 2.40. The molecule has 3 N–H and O–H groups in total. The van der Waals surface area contributed by atoms with E-state index in [1.165, 1.54) is 25.7 Å². The molecule has 0 aliphatic heterocycles. The van der Waals surface area contributed by atoms with Crippen molar-refractivity contribution in [3.63, 3.8) is 0 Å². The second-order valence-electron chi connectivity index (χ2n) is 4.00. The van der Waals surface area contributed by atoms with Crippen molar-refractivity contribution in [1.29, 1.82) is 0 Å². The number of hydrogen-bond donors (Lipinski definition) is 3. The van der Waals surface area contributed by atoms with Gasteiger partial charge in [-0.05, 0) is 13.3 Å². The first-order valence-corrected chi connectivity index (χ1v) is 5.73. The van der Waals surface area contributed by atoms with Crippen molar-refractivity contribution >= 4 is 0 Å². The molecule has 14 heavy (non-hydrogen) atoms.